The first-order chi connectivity index (χ1) is 35.7. The summed E-state index contributed by atoms with van der Waals surface area (Å²) in [6.07, 6.45) is 43.1. The second kappa shape index (κ2) is 39.9. The molecule has 0 bridgehead atoms. The Labute approximate surface area is 442 Å². The standard InChI is InChI=1S/C66H108O6/c1-7-13-19-25-31-39-49-67-58-48-47-57-55-45-37-38-46-56(55)60-61(59(57)62(58)68-50-40-32-26-20-14-8-2)64(70-52-42-34-28-22-16-10-4)66(72-54-44-36-30-24-18-12-6)65(71-53-43-35-29-23-17-11-5)63(60)69-51-41-33-27-21-15-9-3/h37-38,45-48H,7-36,39-44,49-54H2,1-6H3. The summed E-state index contributed by atoms with van der Waals surface area (Å²) in [6.45, 7) is 17.4. The monoisotopic (exact) mass is 997 g/mol. The van der Waals surface area contributed by atoms with Crippen molar-refractivity contribution in [3.8, 4) is 34.5 Å². The smallest absolute Gasteiger partial charge is 0.208 e. The third kappa shape index (κ3) is 21.7. The molecule has 6 nitrogen and oxygen atoms in total. The lowest BCUT2D eigenvalue weighted by Gasteiger charge is -2.26. The second-order valence-corrected chi connectivity index (χ2v) is 21.1. The van der Waals surface area contributed by atoms with Crippen LogP contribution in [0.3, 0.4) is 0 Å². The molecule has 72 heavy (non-hydrogen) atoms. The topological polar surface area (TPSA) is 55.4 Å². The first-order valence-electron chi connectivity index (χ1n) is 30.9. The van der Waals surface area contributed by atoms with E-state index in [-0.39, 0.29) is 0 Å². The van der Waals surface area contributed by atoms with Crippen molar-refractivity contribution in [2.75, 3.05) is 39.6 Å². The summed E-state index contributed by atoms with van der Waals surface area (Å²) in [4.78, 5) is 0. The van der Waals surface area contributed by atoms with Crippen LogP contribution in [0, 0.1) is 0 Å². The molecule has 0 spiro atoms. The summed E-state index contributed by atoms with van der Waals surface area (Å²) in [6, 6.07) is 13.4. The van der Waals surface area contributed by atoms with Crippen molar-refractivity contribution in [1.82, 2.24) is 0 Å². The van der Waals surface area contributed by atoms with Gasteiger partial charge in [0.1, 0.15) is 0 Å². The van der Waals surface area contributed by atoms with Gasteiger partial charge in [0.05, 0.1) is 39.6 Å². The Bertz CT molecular complexity index is 1950. The number of ether oxygens (including phenoxy) is 6. The number of unbranched alkanes of at least 4 members (excludes halogenated alkanes) is 30. The molecule has 4 aromatic rings. The van der Waals surface area contributed by atoms with Crippen molar-refractivity contribution in [3.05, 3.63) is 36.4 Å². The molecule has 0 aromatic heterocycles. The van der Waals surface area contributed by atoms with E-state index >= 15 is 0 Å². The number of benzene rings is 4. The van der Waals surface area contributed by atoms with Gasteiger partial charge < -0.3 is 28.4 Å². The molecule has 6 heteroatoms. The number of hydrogen-bond acceptors (Lipinski definition) is 6. The molecular weight excluding hydrogens is 889 g/mol. The highest BCUT2D eigenvalue weighted by Gasteiger charge is 2.31. The van der Waals surface area contributed by atoms with Crippen LogP contribution in [0.4, 0.5) is 0 Å². The molecule has 0 saturated carbocycles. The molecule has 0 radical (unpaired) electrons. The zero-order valence-corrected chi connectivity index (χ0v) is 47.6. The van der Waals surface area contributed by atoms with Gasteiger partial charge in [0.25, 0.3) is 0 Å². The second-order valence-electron chi connectivity index (χ2n) is 21.1. The lowest BCUT2D eigenvalue weighted by molar-refractivity contribution is 0.222. The molecule has 408 valence electrons. The van der Waals surface area contributed by atoms with E-state index in [1.807, 2.05) is 0 Å². The minimum absolute atomic E-state index is 0.592. The molecule has 0 heterocycles. The van der Waals surface area contributed by atoms with Crippen LogP contribution in [0.1, 0.15) is 273 Å². The molecule has 0 unspecified atom stereocenters. The predicted molar refractivity (Wildman–Crippen MR) is 312 cm³/mol. The van der Waals surface area contributed by atoms with Gasteiger partial charge in [-0.25, -0.2) is 0 Å². The average Bonchev–Trinajstić information content (AvgIpc) is 3.40. The highest BCUT2D eigenvalue weighted by molar-refractivity contribution is 6.31. The van der Waals surface area contributed by atoms with Crippen LogP contribution < -0.4 is 28.4 Å². The molecule has 0 atom stereocenters. The molecule has 0 saturated heterocycles. The van der Waals surface area contributed by atoms with E-state index in [1.54, 1.807) is 0 Å². The summed E-state index contributed by atoms with van der Waals surface area (Å²) in [5, 5.41) is 6.50. The summed E-state index contributed by atoms with van der Waals surface area (Å²) in [5.74, 6) is 4.59. The van der Waals surface area contributed by atoms with Gasteiger partial charge in [0.2, 0.25) is 11.5 Å². The van der Waals surface area contributed by atoms with Crippen LogP contribution in [0.2, 0.25) is 0 Å². The maximum Gasteiger partial charge on any atom is 0.208 e. The van der Waals surface area contributed by atoms with E-state index in [2.05, 4.69) is 77.9 Å². The zero-order chi connectivity index (χ0) is 51.1. The quantitative estimate of drug-likeness (QED) is 0.0325. The Hall–Kier alpha value is -3.54. The summed E-state index contributed by atoms with van der Waals surface area (Å²) in [7, 11) is 0. The van der Waals surface area contributed by atoms with Crippen LogP contribution >= 0.6 is 0 Å². The van der Waals surface area contributed by atoms with E-state index in [1.165, 1.54) is 166 Å². The number of hydrogen-bond donors (Lipinski definition) is 0. The van der Waals surface area contributed by atoms with Gasteiger partial charge in [0.15, 0.2) is 23.0 Å². The minimum Gasteiger partial charge on any atom is -0.490 e. The minimum atomic E-state index is 0.592. The third-order valence-electron chi connectivity index (χ3n) is 14.7. The van der Waals surface area contributed by atoms with E-state index in [0.29, 0.717) is 51.1 Å². The van der Waals surface area contributed by atoms with Crippen molar-refractivity contribution >= 4 is 32.3 Å². The molecule has 4 rings (SSSR count). The molecule has 0 aliphatic rings. The predicted octanol–water partition coefficient (Wildman–Crippen LogP) is 21.6. The fourth-order valence-corrected chi connectivity index (χ4v) is 10.3. The van der Waals surface area contributed by atoms with Crippen molar-refractivity contribution < 1.29 is 28.4 Å². The normalized spacial score (nSPS) is 11.6. The lowest BCUT2D eigenvalue weighted by atomic mass is 9.91. The molecule has 0 N–H and O–H groups in total. The van der Waals surface area contributed by atoms with E-state index < -0.39 is 0 Å². The average molecular weight is 998 g/mol. The van der Waals surface area contributed by atoms with Crippen LogP contribution in [-0.2, 0) is 0 Å². The number of rotatable bonds is 48. The van der Waals surface area contributed by atoms with E-state index in [9.17, 15) is 0 Å². The van der Waals surface area contributed by atoms with Gasteiger partial charge in [-0.05, 0) is 66.8 Å². The Morgan fingerprint density at radius 2 is 0.486 bits per heavy atom. The van der Waals surface area contributed by atoms with Crippen molar-refractivity contribution in [3.63, 3.8) is 0 Å². The van der Waals surface area contributed by atoms with Gasteiger partial charge in [-0.1, -0.05) is 258 Å². The third-order valence-corrected chi connectivity index (χ3v) is 14.7. The largest absolute Gasteiger partial charge is 0.490 e. The van der Waals surface area contributed by atoms with Gasteiger partial charge in [-0.3, -0.25) is 0 Å². The molecule has 0 amide bonds. The lowest BCUT2D eigenvalue weighted by Crippen LogP contribution is -2.10. The first kappa shape index (κ1) is 61.0. The Kier molecular flexibility index (Phi) is 33.8. The highest BCUT2D eigenvalue weighted by Crippen LogP contribution is 2.58. The molecule has 0 aliphatic carbocycles. The summed E-state index contributed by atoms with van der Waals surface area (Å²) in [5.41, 5.74) is 0. The molecule has 0 aliphatic heterocycles. The van der Waals surface area contributed by atoms with E-state index in [4.69, 9.17) is 28.4 Å². The Balaban J connectivity index is 2.02. The van der Waals surface area contributed by atoms with Crippen LogP contribution in [-0.4, -0.2) is 39.6 Å². The van der Waals surface area contributed by atoms with Gasteiger partial charge in [-0.2, -0.15) is 0 Å². The van der Waals surface area contributed by atoms with Gasteiger partial charge in [0, 0.05) is 16.2 Å². The van der Waals surface area contributed by atoms with Crippen LogP contribution in [0.5, 0.6) is 34.5 Å². The Morgan fingerprint density at radius 1 is 0.222 bits per heavy atom. The van der Waals surface area contributed by atoms with Crippen molar-refractivity contribution in [1.29, 1.82) is 0 Å². The van der Waals surface area contributed by atoms with Crippen LogP contribution in [0.15, 0.2) is 36.4 Å². The molecule has 4 aromatic carbocycles. The number of fused-ring (bicyclic) bond motifs is 6. The fraction of sp³-hybridized carbons (Fsp3) is 0.727. The van der Waals surface area contributed by atoms with Gasteiger partial charge in [-0.15, -0.1) is 0 Å². The molecular formula is C66H108O6. The van der Waals surface area contributed by atoms with Crippen molar-refractivity contribution in [2.45, 2.75) is 273 Å². The zero-order valence-electron chi connectivity index (χ0n) is 47.6. The fourth-order valence-electron chi connectivity index (χ4n) is 10.3. The first-order valence-corrected chi connectivity index (χ1v) is 30.9. The summed E-state index contributed by atoms with van der Waals surface area (Å²) >= 11 is 0. The maximum atomic E-state index is 7.34. The molecule has 0 fully saturated rings. The van der Waals surface area contributed by atoms with Crippen LogP contribution in [0.25, 0.3) is 32.3 Å². The highest BCUT2D eigenvalue weighted by atomic mass is 16.6. The van der Waals surface area contributed by atoms with Gasteiger partial charge >= 0.3 is 0 Å². The Morgan fingerprint density at radius 3 is 0.861 bits per heavy atom. The summed E-state index contributed by atoms with van der Waals surface area (Å²) < 4.78 is 43.1. The van der Waals surface area contributed by atoms with Crippen molar-refractivity contribution in [2.24, 2.45) is 0 Å². The SMILES string of the molecule is CCCCCCCCOc1ccc2c3ccccc3c3c(OCCCCCCCC)c(OCCCCCCCC)c(OCCCCCCCC)c(OCCCCCCCC)c3c2c1OCCCCCCCC. The van der Waals surface area contributed by atoms with E-state index in [0.717, 1.165) is 121 Å². The maximum absolute atomic E-state index is 7.34.